The molecular formula is C22H17FN4O2. The van der Waals surface area contributed by atoms with E-state index in [-0.39, 0.29) is 0 Å². The largest absolute Gasteiger partial charge is 0.378 e. The van der Waals surface area contributed by atoms with E-state index in [4.69, 9.17) is 0 Å². The van der Waals surface area contributed by atoms with E-state index in [0.29, 0.717) is 16.7 Å². The molecule has 1 unspecified atom stereocenters. The minimum atomic E-state index is -1.75. The van der Waals surface area contributed by atoms with Gasteiger partial charge >= 0.3 is 0 Å². The Hall–Kier alpha value is -3.71. The average molecular weight is 388 g/mol. The minimum absolute atomic E-state index is 0.409. The van der Waals surface area contributed by atoms with Gasteiger partial charge in [0.15, 0.2) is 0 Å². The van der Waals surface area contributed by atoms with Crippen LogP contribution in [0.25, 0.3) is 0 Å². The summed E-state index contributed by atoms with van der Waals surface area (Å²) in [5.74, 6) is -0.424. The van der Waals surface area contributed by atoms with Crippen molar-refractivity contribution in [3.05, 3.63) is 125 Å². The second kappa shape index (κ2) is 7.73. The summed E-state index contributed by atoms with van der Waals surface area (Å²) in [6.07, 6.45) is 7.69. The van der Waals surface area contributed by atoms with Crippen LogP contribution in [0.15, 0.2) is 96.4 Å². The third kappa shape index (κ3) is 3.43. The first-order valence-electron chi connectivity index (χ1n) is 8.93. The van der Waals surface area contributed by atoms with Crippen molar-refractivity contribution in [3.63, 3.8) is 0 Å². The number of hydrogen-bond acceptors (Lipinski definition) is 5. The smallest absolute Gasteiger partial charge is 0.267 e. The van der Waals surface area contributed by atoms with Gasteiger partial charge in [-0.05, 0) is 35.9 Å². The zero-order chi connectivity index (χ0) is 20.3. The van der Waals surface area contributed by atoms with Gasteiger partial charge in [-0.3, -0.25) is 14.8 Å². The first-order chi connectivity index (χ1) is 14.1. The average Bonchev–Trinajstić information content (AvgIpc) is 2.77. The van der Waals surface area contributed by atoms with Crippen LogP contribution in [0, 0.1) is 5.82 Å². The Morgan fingerprint density at radius 1 is 0.862 bits per heavy atom. The van der Waals surface area contributed by atoms with Gasteiger partial charge in [-0.25, -0.2) is 9.07 Å². The Balaban J connectivity index is 2.05. The maximum absolute atomic E-state index is 13.6. The Labute approximate surface area is 166 Å². The fraction of sp³-hybridized carbons (Fsp3) is 0.0909. The van der Waals surface area contributed by atoms with Crippen LogP contribution in [-0.4, -0.2) is 24.9 Å². The second-order valence-corrected chi connectivity index (χ2v) is 6.51. The molecule has 1 N–H and O–H groups in total. The lowest BCUT2D eigenvalue weighted by Crippen LogP contribution is -2.43. The second-order valence-electron chi connectivity index (χ2n) is 6.51. The molecule has 29 heavy (non-hydrogen) atoms. The molecule has 3 heterocycles. The van der Waals surface area contributed by atoms with E-state index in [1.54, 1.807) is 36.7 Å². The van der Waals surface area contributed by atoms with Gasteiger partial charge in [-0.15, -0.1) is 0 Å². The molecule has 0 aliphatic rings. The predicted octanol–water partition coefficient (Wildman–Crippen LogP) is 2.70. The first kappa shape index (κ1) is 18.6. The van der Waals surface area contributed by atoms with E-state index in [1.165, 1.54) is 59.7 Å². The number of rotatable bonds is 5. The van der Waals surface area contributed by atoms with Crippen molar-refractivity contribution in [3.8, 4) is 0 Å². The Kier molecular flexibility index (Phi) is 4.97. The molecule has 0 saturated heterocycles. The zero-order valence-corrected chi connectivity index (χ0v) is 15.3. The SMILES string of the molecule is O=c1cccnn1C(c1ccc(F)cc1)C(O)(c1cccnc1)c1cccnc1. The number of pyridine rings is 2. The fourth-order valence-electron chi connectivity index (χ4n) is 3.43. The first-order valence-corrected chi connectivity index (χ1v) is 8.93. The molecule has 1 aromatic carbocycles. The summed E-state index contributed by atoms with van der Waals surface area (Å²) in [5, 5.41) is 16.3. The van der Waals surface area contributed by atoms with Gasteiger partial charge in [0, 0.05) is 48.2 Å². The van der Waals surface area contributed by atoms with Crippen LogP contribution in [0.3, 0.4) is 0 Å². The van der Waals surface area contributed by atoms with E-state index in [0.717, 1.165) is 0 Å². The molecule has 1 atom stereocenters. The number of nitrogens with zero attached hydrogens (tertiary/aromatic N) is 4. The van der Waals surface area contributed by atoms with Crippen LogP contribution in [-0.2, 0) is 5.60 Å². The highest BCUT2D eigenvalue weighted by Crippen LogP contribution is 2.42. The third-order valence-corrected chi connectivity index (χ3v) is 4.77. The van der Waals surface area contributed by atoms with E-state index in [1.807, 2.05) is 0 Å². The minimum Gasteiger partial charge on any atom is -0.378 e. The summed E-state index contributed by atoms with van der Waals surface area (Å²) in [4.78, 5) is 21.0. The highest BCUT2D eigenvalue weighted by atomic mass is 19.1. The topological polar surface area (TPSA) is 80.9 Å². The van der Waals surface area contributed by atoms with Crippen molar-refractivity contribution in [2.75, 3.05) is 0 Å². The van der Waals surface area contributed by atoms with Gasteiger partial charge in [0.25, 0.3) is 5.56 Å². The predicted molar refractivity (Wildman–Crippen MR) is 105 cm³/mol. The van der Waals surface area contributed by atoms with Crippen LogP contribution in [0.2, 0.25) is 0 Å². The number of halogens is 1. The monoisotopic (exact) mass is 388 g/mol. The van der Waals surface area contributed by atoms with Gasteiger partial charge in [-0.1, -0.05) is 24.3 Å². The molecule has 144 valence electrons. The molecule has 4 aromatic rings. The molecule has 0 bridgehead atoms. The van der Waals surface area contributed by atoms with E-state index >= 15 is 0 Å². The molecule has 3 aromatic heterocycles. The van der Waals surface area contributed by atoms with Gasteiger partial charge < -0.3 is 5.11 Å². The molecular weight excluding hydrogens is 371 g/mol. The molecule has 4 rings (SSSR count). The lowest BCUT2D eigenvalue weighted by Gasteiger charge is -2.37. The summed E-state index contributed by atoms with van der Waals surface area (Å²) >= 11 is 0. The molecule has 0 saturated carbocycles. The molecule has 0 fully saturated rings. The van der Waals surface area contributed by atoms with Crippen LogP contribution in [0.1, 0.15) is 22.7 Å². The van der Waals surface area contributed by atoms with Gasteiger partial charge in [0.1, 0.15) is 17.5 Å². The van der Waals surface area contributed by atoms with Crippen molar-refractivity contribution in [1.29, 1.82) is 0 Å². The van der Waals surface area contributed by atoms with E-state index in [9.17, 15) is 14.3 Å². The standard InChI is InChI=1S/C22H17FN4O2/c23-19-9-7-16(8-10-19)21(27-20(28)6-3-13-26-27)22(29,17-4-1-11-24-14-17)18-5-2-12-25-15-18/h1-15,21,29H. The van der Waals surface area contributed by atoms with Crippen LogP contribution < -0.4 is 5.56 Å². The molecule has 0 aliphatic carbocycles. The van der Waals surface area contributed by atoms with Crippen molar-refractivity contribution in [1.82, 2.24) is 19.7 Å². The molecule has 0 amide bonds. The van der Waals surface area contributed by atoms with E-state index in [2.05, 4.69) is 15.1 Å². The zero-order valence-electron chi connectivity index (χ0n) is 15.3. The normalized spacial score (nSPS) is 12.5. The lowest BCUT2D eigenvalue weighted by molar-refractivity contribution is 0.0310. The number of hydrogen-bond donors (Lipinski definition) is 1. The summed E-state index contributed by atoms with van der Waals surface area (Å²) in [7, 11) is 0. The number of benzene rings is 1. The van der Waals surface area contributed by atoms with Gasteiger partial charge in [0.05, 0.1) is 0 Å². The molecule has 0 aliphatic heterocycles. The highest BCUT2D eigenvalue weighted by molar-refractivity contribution is 5.40. The van der Waals surface area contributed by atoms with Gasteiger partial charge in [0.2, 0.25) is 0 Å². The van der Waals surface area contributed by atoms with Crippen molar-refractivity contribution >= 4 is 0 Å². The summed E-state index contributed by atoms with van der Waals surface area (Å²) in [6.45, 7) is 0. The Morgan fingerprint density at radius 3 is 1.97 bits per heavy atom. The number of aliphatic hydroxyl groups is 1. The maximum Gasteiger partial charge on any atom is 0.267 e. The van der Waals surface area contributed by atoms with Crippen molar-refractivity contribution in [2.45, 2.75) is 11.6 Å². The Morgan fingerprint density at radius 2 is 1.45 bits per heavy atom. The highest BCUT2D eigenvalue weighted by Gasteiger charge is 2.44. The third-order valence-electron chi connectivity index (χ3n) is 4.77. The molecule has 7 heteroatoms. The quantitative estimate of drug-likeness (QED) is 0.569. The lowest BCUT2D eigenvalue weighted by atomic mass is 9.78. The van der Waals surface area contributed by atoms with Crippen LogP contribution in [0.4, 0.5) is 4.39 Å². The molecule has 0 spiro atoms. The van der Waals surface area contributed by atoms with E-state index < -0.39 is 23.0 Å². The molecule has 0 radical (unpaired) electrons. The number of aromatic nitrogens is 4. The summed E-state index contributed by atoms with van der Waals surface area (Å²) < 4.78 is 14.8. The fourth-order valence-corrected chi connectivity index (χ4v) is 3.43. The Bertz CT molecular complexity index is 1110. The van der Waals surface area contributed by atoms with Crippen LogP contribution in [0.5, 0.6) is 0 Å². The molecule has 6 nitrogen and oxygen atoms in total. The van der Waals surface area contributed by atoms with Gasteiger partial charge in [-0.2, -0.15) is 5.10 Å². The summed E-state index contributed by atoms with van der Waals surface area (Å²) in [5.41, 5.74) is -0.770. The van der Waals surface area contributed by atoms with Crippen molar-refractivity contribution in [2.24, 2.45) is 0 Å². The summed E-state index contributed by atoms with van der Waals surface area (Å²) in [6, 6.07) is 14.3. The van der Waals surface area contributed by atoms with Crippen molar-refractivity contribution < 1.29 is 9.50 Å². The van der Waals surface area contributed by atoms with Crippen LogP contribution >= 0.6 is 0 Å². The maximum atomic E-state index is 13.6.